The lowest BCUT2D eigenvalue weighted by atomic mass is 9.81. The summed E-state index contributed by atoms with van der Waals surface area (Å²) in [6, 6.07) is 1.65. The topological polar surface area (TPSA) is 9.72 Å². The molecule has 0 aliphatic carbocycles. The Morgan fingerprint density at radius 3 is 1.82 bits per heavy atom. The van der Waals surface area contributed by atoms with E-state index in [9.17, 15) is 0 Å². The molecule has 0 saturated carbocycles. The average Bonchev–Trinajstić information content (AvgIpc) is 2.36. The van der Waals surface area contributed by atoms with Crippen molar-refractivity contribution in [3.8, 4) is 0 Å². The van der Waals surface area contributed by atoms with Crippen molar-refractivity contribution in [3.63, 3.8) is 0 Å². The first-order chi connectivity index (χ1) is 10.1. The second-order valence-corrected chi connectivity index (χ2v) is 9.94. The van der Waals surface area contributed by atoms with Crippen molar-refractivity contribution in [2.45, 2.75) is 84.0 Å². The molecule has 0 aromatic carbocycles. The van der Waals surface area contributed by atoms with Crippen molar-refractivity contribution in [3.05, 3.63) is 0 Å². The highest BCUT2D eigenvalue weighted by molar-refractivity contribution is 5.05. The predicted octanol–water partition coefficient (Wildman–Crippen LogP) is 3.05. The molecule has 3 nitrogen and oxygen atoms in total. The van der Waals surface area contributed by atoms with Crippen LogP contribution in [0.4, 0.5) is 0 Å². The van der Waals surface area contributed by atoms with Crippen LogP contribution in [0.5, 0.6) is 0 Å². The minimum Gasteiger partial charge on any atom is -0.300 e. The Bertz CT molecular complexity index is 372. The Hall–Kier alpha value is -0.120. The maximum absolute atomic E-state index is 2.78. The second kappa shape index (κ2) is 5.75. The van der Waals surface area contributed by atoms with Crippen molar-refractivity contribution in [1.29, 1.82) is 0 Å². The lowest BCUT2D eigenvalue weighted by Gasteiger charge is -2.62. The number of piperazine rings is 1. The molecule has 0 aromatic rings. The number of likely N-dealkylation sites (tertiary alicyclic amines) is 1. The summed E-state index contributed by atoms with van der Waals surface area (Å²) in [5.41, 5.74) is 0.711. The van der Waals surface area contributed by atoms with Crippen molar-refractivity contribution in [2.75, 3.05) is 32.7 Å². The van der Waals surface area contributed by atoms with Crippen LogP contribution >= 0.6 is 0 Å². The fourth-order valence-corrected chi connectivity index (χ4v) is 5.09. The Balaban J connectivity index is 1.45. The van der Waals surface area contributed by atoms with Crippen molar-refractivity contribution in [1.82, 2.24) is 14.7 Å². The number of hydrogen-bond donors (Lipinski definition) is 0. The summed E-state index contributed by atoms with van der Waals surface area (Å²) >= 11 is 0. The van der Waals surface area contributed by atoms with Crippen molar-refractivity contribution >= 4 is 0 Å². The van der Waals surface area contributed by atoms with E-state index in [1.807, 2.05) is 0 Å². The maximum Gasteiger partial charge on any atom is 0.0247 e. The highest BCUT2D eigenvalue weighted by atomic mass is 15.4. The standard InChI is InChI=1S/C19H37N3/c1-18(2,3)21-9-7-15(8-10-21)12-20-13-16-11-17(14-20)22(16)19(4,5)6/h15-17H,7-14H2,1-6H3. The molecular formula is C19H37N3. The van der Waals surface area contributed by atoms with Gasteiger partial charge in [-0.05, 0) is 79.8 Å². The molecule has 4 saturated heterocycles. The third-order valence-electron chi connectivity index (χ3n) is 6.12. The largest absolute Gasteiger partial charge is 0.300 e. The third-order valence-corrected chi connectivity index (χ3v) is 6.12. The number of hydrogen-bond acceptors (Lipinski definition) is 3. The van der Waals surface area contributed by atoms with Gasteiger partial charge in [0.1, 0.15) is 0 Å². The van der Waals surface area contributed by atoms with Gasteiger partial charge in [-0.2, -0.15) is 0 Å². The fourth-order valence-electron chi connectivity index (χ4n) is 5.09. The quantitative estimate of drug-likeness (QED) is 0.776. The minimum absolute atomic E-state index is 0.352. The van der Waals surface area contributed by atoms with Crippen LogP contribution in [0.15, 0.2) is 0 Å². The summed E-state index contributed by atoms with van der Waals surface area (Å²) in [4.78, 5) is 8.21. The van der Waals surface area contributed by atoms with Crippen LogP contribution in [0.3, 0.4) is 0 Å². The molecule has 4 aliphatic rings. The Morgan fingerprint density at radius 2 is 1.36 bits per heavy atom. The van der Waals surface area contributed by atoms with Crippen LogP contribution in [-0.2, 0) is 0 Å². The fraction of sp³-hybridized carbons (Fsp3) is 1.00. The van der Waals surface area contributed by atoms with Gasteiger partial charge in [-0.15, -0.1) is 0 Å². The normalized spacial score (nSPS) is 33.0. The van der Waals surface area contributed by atoms with E-state index < -0.39 is 0 Å². The van der Waals surface area contributed by atoms with Gasteiger partial charge in [0, 0.05) is 42.8 Å². The molecule has 2 unspecified atom stereocenters. The molecule has 4 rings (SSSR count). The lowest BCUT2D eigenvalue weighted by Crippen LogP contribution is -2.73. The lowest BCUT2D eigenvalue weighted by molar-refractivity contribution is -0.122. The van der Waals surface area contributed by atoms with Crippen molar-refractivity contribution < 1.29 is 0 Å². The van der Waals surface area contributed by atoms with Gasteiger partial charge in [0.25, 0.3) is 0 Å². The Morgan fingerprint density at radius 1 is 0.818 bits per heavy atom. The first-order valence-corrected chi connectivity index (χ1v) is 9.40. The van der Waals surface area contributed by atoms with E-state index in [-0.39, 0.29) is 0 Å². The summed E-state index contributed by atoms with van der Waals surface area (Å²) in [5.74, 6) is 0.930. The van der Waals surface area contributed by atoms with E-state index in [4.69, 9.17) is 0 Å². The van der Waals surface area contributed by atoms with Gasteiger partial charge in [0.2, 0.25) is 0 Å². The van der Waals surface area contributed by atoms with E-state index in [0.29, 0.717) is 11.1 Å². The molecule has 4 aliphatic heterocycles. The van der Waals surface area contributed by atoms with E-state index >= 15 is 0 Å². The summed E-state index contributed by atoms with van der Waals surface area (Å²) in [7, 11) is 0. The first-order valence-electron chi connectivity index (χ1n) is 9.40. The van der Waals surface area contributed by atoms with E-state index in [0.717, 1.165) is 18.0 Å². The van der Waals surface area contributed by atoms with E-state index in [2.05, 4.69) is 56.2 Å². The Kier molecular flexibility index (Phi) is 4.37. The van der Waals surface area contributed by atoms with Crippen LogP contribution in [0.25, 0.3) is 0 Å². The molecule has 0 N–H and O–H groups in total. The van der Waals surface area contributed by atoms with Gasteiger partial charge in [-0.25, -0.2) is 0 Å². The van der Waals surface area contributed by atoms with Crippen LogP contribution in [-0.4, -0.2) is 70.6 Å². The molecule has 0 amide bonds. The maximum atomic E-state index is 2.78. The van der Waals surface area contributed by atoms with Gasteiger partial charge >= 0.3 is 0 Å². The number of rotatable bonds is 2. The van der Waals surface area contributed by atoms with Crippen LogP contribution in [0, 0.1) is 5.92 Å². The zero-order valence-corrected chi connectivity index (χ0v) is 15.7. The molecule has 0 spiro atoms. The summed E-state index contributed by atoms with van der Waals surface area (Å²) in [6.07, 6.45) is 4.23. The van der Waals surface area contributed by atoms with Crippen LogP contribution < -0.4 is 0 Å². The highest BCUT2D eigenvalue weighted by Crippen LogP contribution is 2.38. The van der Waals surface area contributed by atoms with Gasteiger partial charge < -0.3 is 0 Å². The van der Waals surface area contributed by atoms with Crippen LogP contribution in [0.2, 0.25) is 0 Å². The number of nitrogens with zero attached hydrogens (tertiary/aromatic N) is 3. The van der Waals surface area contributed by atoms with Gasteiger partial charge in [-0.3, -0.25) is 14.7 Å². The van der Waals surface area contributed by atoms with Crippen molar-refractivity contribution in [2.24, 2.45) is 5.92 Å². The second-order valence-electron chi connectivity index (χ2n) is 9.94. The summed E-state index contributed by atoms with van der Waals surface area (Å²) < 4.78 is 0. The molecule has 0 aromatic heterocycles. The molecule has 4 fully saturated rings. The molecule has 2 bridgehead atoms. The van der Waals surface area contributed by atoms with Gasteiger partial charge in [0.05, 0.1) is 0 Å². The molecule has 3 heteroatoms. The first kappa shape index (κ1) is 16.7. The number of piperidine rings is 2. The summed E-state index contributed by atoms with van der Waals surface area (Å²) in [5, 5.41) is 0. The third kappa shape index (κ3) is 3.37. The highest BCUT2D eigenvalue weighted by Gasteiger charge is 2.49. The number of fused-ring (bicyclic) bond motifs is 2. The minimum atomic E-state index is 0.352. The SMILES string of the molecule is CC(C)(C)N1CCC(CN2CC3CC(C2)N3C(C)(C)C)CC1. The monoisotopic (exact) mass is 307 g/mol. The van der Waals surface area contributed by atoms with Crippen LogP contribution in [0.1, 0.15) is 60.8 Å². The zero-order chi connectivity index (χ0) is 16.1. The molecule has 128 valence electrons. The summed E-state index contributed by atoms with van der Waals surface area (Å²) in [6.45, 7) is 20.8. The molecule has 2 atom stereocenters. The van der Waals surface area contributed by atoms with Gasteiger partial charge in [-0.1, -0.05) is 0 Å². The Labute approximate surface area is 138 Å². The molecule has 22 heavy (non-hydrogen) atoms. The molecular weight excluding hydrogens is 270 g/mol. The molecule has 4 heterocycles. The average molecular weight is 308 g/mol. The van der Waals surface area contributed by atoms with Gasteiger partial charge in [0.15, 0.2) is 0 Å². The predicted molar refractivity (Wildman–Crippen MR) is 94.3 cm³/mol. The van der Waals surface area contributed by atoms with E-state index in [1.54, 1.807) is 0 Å². The zero-order valence-electron chi connectivity index (χ0n) is 15.7. The molecule has 0 radical (unpaired) electrons. The van der Waals surface area contributed by atoms with E-state index in [1.165, 1.54) is 52.0 Å². The smallest absolute Gasteiger partial charge is 0.0247 e.